The van der Waals surface area contributed by atoms with Crippen LogP contribution < -0.4 is 5.32 Å². The Morgan fingerprint density at radius 1 is 1.00 bits per heavy atom. The number of nitrogens with one attached hydrogen (secondary N) is 1. The van der Waals surface area contributed by atoms with Gasteiger partial charge in [-0.3, -0.25) is 4.79 Å². The monoisotopic (exact) mass is 379 g/mol. The van der Waals surface area contributed by atoms with Crippen LogP contribution in [0.5, 0.6) is 0 Å². The van der Waals surface area contributed by atoms with Gasteiger partial charge in [-0.1, -0.05) is 49.6 Å². The van der Waals surface area contributed by atoms with E-state index in [2.05, 4.69) is 15.5 Å². The highest BCUT2D eigenvalue weighted by Gasteiger charge is 2.28. The first-order chi connectivity index (χ1) is 13.7. The molecule has 0 radical (unpaired) electrons. The minimum absolute atomic E-state index is 0.00628. The van der Waals surface area contributed by atoms with Crippen LogP contribution in [0.15, 0.2) is 59.0 Å². The first kappa shape index (κ1) is 18.3. The number of carbonyl (C=O) groups excluding carboxylic acids is 1. The molecule has 6 heteroatoms. The summed E-state index contributed by atoms with van der Waals surface area (Å²) in [5.74, 6) is 0.308. The number of amides is 1. The highest BCUT2D eigenvalue weighted by Crippen LogP contribution is 2.28. The summed E-state index contributed by atoms with van der Waals surface area (Å²) in [5.41, 5.74) is 1.51. The van der Waals surface area contributed by atoms with Crippen molar-refractivity contribution in [3.63, 3.8) is 0 Å². The lowest BCUT2D eigenvalue weighted by atomic mass is 9.88. The first-order valence-electron chi connectivity index (χ1n) is 9.65. The van der Waals surface area contributed by atoms with Gasteiger partial charge in [-0.25, -0.2) is 4.39 Å². The quantitative estimate of drug-likeness (QED) is 0.700. The van der Waals surface area contributed by atoms with Crippen molar-refractivity contribution in [2.24, 2.45) is 5.92 Å². The van der Waals surface area contributed by atoms with Crippen LogP contribution >= 0.6 is 0 Å². The van der Waals surface area contributed by atoms with Crippen LogP contribution in [0.3, 0.4) is 0 Å². The van der Waals surface area contributed by atoms with Crippen molar-refractivity contribution in [2.45, 2.75) is 38.1 Å². The first-order valence-corrected chi connectivity index (χ1v) is 9.65. The summed E-state index contributed by atoms with van der Waals surface area (Å²) in [4.78, 5) is 12.8. The number of hydrogen-bond donors (Lipinski definition) is 1. The fourth-order valence-corrected chi connectivity index (χ4v) is 3.62. The van der Waals surface area contributed by atoms with E-state index in [1.807, 2.05) is 30.3 Å². The summed E-state index contributed by atoms with van der Waals surface area (Å²) in [6.45, 7) is 0. The molecule has 0 saturated heterocycles. The largest absolute Gasteiger partial charge is 0.418 e. The SMILES string of the molecule is O=C(N[C@H](c1ccc(F)cc1)c1nnc(-c2ccccc2)o1)C1CCCCC1. The van der Waals surface area contributed by atoms with Gasteiger partial charge in [0.2, 0.25) is 17.7 Å². The number of rotatable bonds is 5. The summed E-state index contributed by atoms with van der Waals surface area (Å²) in [7, 11) is 0. The Balaban J connectivity index is 1.62. The Morgan fingerprint density at radius 2 is 1.71 bits per heavy atom. The fraction of sp³-hybridized carbons (Fsp3) is 0.318. The second-order valence-electron chi connectivity index (χ2n) is 7.14. The third-order valence-corrected chi connectivity index (χ3v) is 5.17. The van der Waals surface area contributed by atoms with E-state index < -0.39 is 6.04 Å². The molecule has 1 atom stereocenters. The van der Waals surface area contributed by atoms with Crippen LogP contribution in [0, 0.1) is 11.7 Å². The van der Waals surface area contributed by atoms with E-state index in [0.29, 0.717) is 11.5 Å². The number of aromatic nitrogens is 2. The average Bonchev–Trinajstić information content (AvgIpc) is 3.24. The smallest absolute Gasteiger partial charge is 0.247 e. The lowest BCUT2D eigenvalue weighted by Crippen LogP contribution is -2.35. The molecule has 2 aromatic carbocycles. The summed E-state index contributed by atoms with van der Waals surface area (Å²) >= 11 is 0. The summed E-state index contributed by atoms with van der Waals surface area (Å²) in [6, 6.07) is 14.8. The molecular formula is C22H22FN3O2. The molecule has 3 aromatic rings. The summed E-state index contributed by atoms with van der Waals surface area (Å²) in [6.07, 6.45) is 5.09. The van der Waals surface area contributed by atoms with Crippen molar-refractivity contribution >= 4 is 5.91 Å². The Hall–Kier alpha value is -3.02. The number of hydrogen-bond acceptors (Lipinski definition) is 4. The second kappa shape index (κ2) is 8.33. The minimum Gasteiger partial charge on any atom is -0.418 e. The Kier molecular flexibility index (Phi) is 5.46. The van der Waals surface area contributed by atoms with Crippen molar-refractivity contribution in [3.05, 3.63) is 71.9 Å². The molecule has 0 aliphatic heterocycles. The van der Waals surface area contributed by atoms with Gasteiger partial charge >= 0.3 is 0 Å². The molecule has 1 aliphatic carbocycles. The predicted octanol–water partition coefficient (Wildman–Crippen LogP) is 4.66. The lowest BCUT2D eigenvalue weighted by Gasteiger charge is -2.23. The maximum Gasteiger partial charge on any atom is 0.247 e. The third-order valence-electron chi connectivity index (χ3n) is 5.17. The van der Waals surface area contributed by atoms with Crippen molar-refractivity contribution < 1.29 is 13.6 Å². The highest BCUT2D eigenvalue weighted by molar-refractivity contribution is 5.79. The van der Waals surface area contributed by atoms with E-state index in [1.165, 1.54) is 18.6 Å². The maximum atomic E-state index is 13.4. The van der Waals surface area contributed by atoms with E-state index in [4.69, 9.17) is 4.42 Å². The van der Waals surface area contributed by atoms with Crippen molar-refractivity contribution in [1.82, 2.24) is 15.5 Å². The predicted molar refractivity (Wildman–Crippen MR) is 103 cm³/mol. The van der Waals surface area contributed by atoms with E-state index in [-0.39, 0.29) is 23.5 Å². The average molecular weight is 379 g/mol. The summed E-state index contributed by atoms with van der Waals surface area (Å²) < 4.78 is 19.3. The molecule has 1 aromatic heterocycles. The molecular weight excluding hydrogens is 357 g/mol. The van der Waals surface area contributed by atoms with Gasteiger partial charge in [-0.05, 0) is 42.7 Å². The number of nitrogens with zero attached hydrogens (tertiary/aromatic N) is 2. The molecule has 0 unspecified atom stereocenters. The van der Waals surface area contributed by atoms with Gasteiger partial charge in [-0.15, -0.1) is 10.2 Å². The van der Waals surface area contributed by atoms with Crippen LogP contribution in [0.4, 0.5) is 4.39 Å². The van der Waals surface area contributed by atoms with Crippen molar-refractivity contribution in [1.29, 1.82) is 0 Å². The minimum atomic E-state index is -0.611. The Morgan fingerprint density at radius 3 is 2.43 bits per heavy atom. The van der Waals surface area contributed by atoms with Crippen LogP contribution in [0.1, 0.15) is 49.6 Å². The zero-order valence-electron chi connectivity index (χ0n) is 15.5. The maximum absolute atomic E-state index is 13.4. The van der Waals surface area contributed by atoms with Crippen LogP contribution in [0.2, 0.25) is 0 Å². The normalized spacial score (nSPS) is 15.9. The van der Waals surface area contributed by atoms with Crippen molar-refractivity contribution in [3.8, 4) is 11.5 Å². The summed E-state index contributed by atoms with van der Waals surface area (Å²) in [5, 5.41) is 11.3. The molecule has 4 rings (SSSR count). The molecule has 28 heavy (non-hydrogen) atoms. The van der Waals surface area contributed by atoms with Gasteiger partial charge in [0.15, 0.2) is 0 Å². The standard InChI is InChI=1S/C22H22FN3O2/c23-18-13-11-15(12-14-18)19(24-20(27)16-7-3-1-4-8-16)22-26-25-21(28-22)17-9-5-2-6-10-17/h2,5-6,9-14,16,19H,1,3-4,7-8H2,(H,24,27)/t19-/m1/s1. The molecule has 5 nitrogen and oxygen atoms in total. The van der Waals surface area contributed by atoms with E-state index in [9.17, 15) is 9.18 Å². The van der Waals surface area contributed by atoms with Gasteiger partial charge in [0.1, 0.15) is 11.9 Å². The van der Waals surface area contributed by atoms with Gasteiger partial charge in [-0.2, -0.15) is 0 Å². The van der Waals surface area contributed by atoms with Gasteiger partial charge < -0.3 is 9.73 Å². The molecule has 0 spiro atoms. The fourth-order valence-electron chi connectivity index (χ4n) is 3.62. The lowest BCUT2D eigenvalue weighted by molar-refractivity contribution is -0.126. The topological polar surface area (TPSA) is 68.0 Å². The number of carbonyl (C=O) groups is 1. The molecule has 1 N–H and O–H groups in total. The zero-order chi connectivity index (χ0) is 19.3. The van der Waals surface area contributed by atoms with Gasteiger partial charge in [0.05, 0.1) is 0 Å². The van der Waals surface area contributed by atoms with Gasteiger partial charge in [0.25, 0.3) is 0 Å². The molecule has 1 heterocycles. The van der Waals surface area contributed by atoms with Crippen LogP contribution in [-0.2, 0) is 4.79 Å². The van der Waals surface area contributed by atoms with Gasteiger partial charge in [0, 0.05) is 11.5 Å². The molecule has 1 saturated carbocycles. The molecule has 144 valence electrons. The molecule has 1 amide bonds. The number of halogens is 1. The van der Waals surface area contributed by atoms with Crippen LogP contribution in [0.25, 0.3) is 11.5 Å². The van der Waals surface area contributed by atoms with E-state index >= 15 is 0 Å². The highest BCUT2D eigenvalue weighted by atomic mass is 19.1. The molecule has 1 fully saturated rings. The Labute approximate surface area is 163 Å². The van der Waals surface area contributed by atoms with E-state index in [1.54, 1.807) is 12.1 Å². The van der Waals surface area contributed by atoms with Crippen molar-refractivity contribution in [2.75, 3.05) is 0 Å². The number of benzene rings is 2. The third kappa shape index (κ3) is 4.11. The molecule has 1 aliphatic rings. The molecule has 0 bridgehead atoms. The van der Waals surface area contributed by atoms with E-state index in [0.717, 1.165) is 31.2 Å². The zero-order valence-corrected chi connectivity index (χ0v) is 15.5. The Bertz CT molecular complexity index is 918. The van der Waals surface area contributed by atoms with Crippen LogP contribution in [-0.4, -0.2) is 16.1 Å². The second-order valence-corrected chi connectivity index (χ2v) is 7.14.